The topological polar surface area (TPSA) is 128 Å². The van der Waals surface area contributed by atoms with E-state index in [1.165, 1.54) is 0 Å². The number of hydroxylamine groups is 1. The van der Waals surface area contributed by atoms with E-state index in [2.05, 4.69) is 0 Å². The fraction of sp³-hybridized carbons (Fsp3) is 0.278. The molecule has 8 heteroatoms. The molecule has 0 aromatic heterocycles. The van der Waals surface area contributed by atoms with Gasteiger partial charge in [0.2, 0.25) is 5.91 Å². The van der Waals surface area contributed by atoms with E-state index in [1.54, 1.807) is 43.6 Å². The predicted octanol–water partition coefficient (Wildman–Crippen LogP) is 1.77. The summed E-state index contributed by atoms with van der Waals surface area (Å²) in [4.78, 5) is 36.0. The molecule has 0 aromatic carbocycles. The molecular weight excluding hydrogens is 340 g/mol. The zero-order valence-electron chi connectivity index (χ0n) is 14.5. The highest BCUT2D eigenvalue weighted by Gasteiger charge is 2.30. The summed E-state index contributed by atoms with van der Waals surface area (Å²) >= 11 is 0. The highest BCUT2D eigenvalue weighted by molar-refractivity contribution is 6.15. The van der Waals surface area contributed by atoms with Gasteiger partial charge >= 0.3 is 11.9 Å². The fourth-order valence-electron chi connectivity index (χ4n) is 2.66. The van der Waals surface area contributed by atoms with Gasteiger partial charge in [-0.3, -0.25) is 10.0 Å². The van der Waals surface area contributed by atoms with Crippen molar-refractivity contribution in [2.45, 2.75) is 20.3 Å². The van der Waals surface area contributed by atoms with Gasteiger partial charge in [-0.25, -0.2) is 15.1 Å². The van der Waals surface area contributed by atoms with Crippen molar-refractivity contribution in [1.82, 2.24) is 5.48 Å². The Balaban J connectivity index is 2.66. The molecule has 0 heterocycles. The lowest BCUT2D eigenvalue weighted by molar-refractivity contribution is -0.128. The van der Waals surface area contributed by atoms with E-state index in [-0.39, 0.29) is 36.4 Å². The van der Waals surface area contributed by atoms with Crippen LogP contribution in [0.2, 0.25) is 0 Å². The molecular formula is C18H20N2O6. The SMILES string of the molecule is CCOC(=O)c1c2ccc(CC(=O)NO)ccc-2c(C(=O)OCC)c1N. The largest absolute Gasteiger partial charge is 0.462 e. The van der Waals surface area contributed by atoms with Crippen molar-refractivity contribution < 1.29 is 29.1 Å². The molecule has 0 unspecified atom stereocenters. The van der Waals surface area contributed by atoms with Crippen LogP contribution in [0.15, 0.2) is 24.3 Å². The van der Waals surface area contributed by atoms with Crippen LogP contribution in [0.25, 0.3) is 11.1 Å². The normalized spacial score (nSPS) is 10.4. The summed E-state index contributed by atoms with van der Waals surface area (Å²) in [7, 11) is 0. The molecule has 0 aromatic rings. The summed E-state index contributed by atoms with van der Waals surface area (Å²) in [5.41, 5.74) is 9.17. The number of nitrogens with two attached hydrogens (primary N) is 1. The highest BCUT2D eigenvalue weighted by atomic mass is 16.5. The summed E-state index contributed by atoms with van der Waals surface area (Å²) in [6.45, 7) is 3.63. The van der Waals surface area contributed by atoms with Crippen LogP contribution in [-0.2, 0) is 20.7 Å². The van der Waals surface area contributed by atoms with Crippen molar-refractivity contribution >= 4 is 23.5 Å². The molecule has 2 aliphatic carbocycles. The maximum atomic E-state index is 12.3. The van der Waals surface area contributed by atoms with Crippen molar-refractivity contribution in [2.24, 2.45) is 0 Å². The third kappa shape index (κ3) is 3.75. The van der Waals surface area contributed by atoms with Crippen molar-refractivity contribution in [3.05, 3.63) is 41.0 Å². The summed E-state index contributed by atoms with van der Waals surface area (Å²) < 4.78 is 10.1. The molecule has 138 valence electrons. The van der Waals surface area contributed by atoms with Crippen molar-refractivity contribution in [1.29, 1.82) is 0 Å². The lowest BCUT2D eigenvalue weighted by atomic mass is 10.1. The lowest BCUT2D eigenvalue weighted by Crippen LogP contribution is -2.20. The molecule has 0 saturated heterocycles. The van der Waals surface area contributed by atoms with E-state index >= 15 is 0 Å². The summed E-state index contributed by atoms with van der Waals surface area (Å²) in [5, 5.41) is 8.66. The average molecular weight is 360 g/mol. The Labute approximate surface area is 150 Å². The van der Waals surface area contributed by atoms with E-state index in [4.69, 9.17) is 20.4 Å². The molecule has 1 amide bonds. The second-order valence-corrected chi connectivity index (χ2v) is 5.39. The molecule has 8 nitrogen and oxygen atoms in total. The molecule has 0 aliphatic heterocycles. The average Bonchev–Trinajstić information content (AvgIpc) is 2.74. The Morgan fingerprint density at radius 3 is 1.81 bits per heavy atom. The summed E-state index contributed by atoms with van der Waals surface area (Å²) in [6, 6.07) is 6.38. The second-order valence-electron chi connectivity index (χ2n) is 5.39. The minimum atomic E-state index is -0.647. The third-order valence-corrected chi connectivity index (χ3v) is 3.74. The van der Waals surface area contributed by atoms with Gasteiger partial charge in [0.15, 0.2) is 0 Å². The molecule has 0 fully saturated rings. The van der Waals surface area contributed by atoms with Crippen LogP contribution in [0, 0.1) is 0 Å². The number of rotatable bonds is 6. The first kappa shape index (κ1) is 19.2. The highest BCUT2D eigenvalue weighted by Crippen LogP contribution is 2.39. The van der Waals surface area contributed by atoms with Crippen LogP contribution in [0.3, 0.4) is 0 Å². The zero-order chi connectivity index (χ0) is 19.3. The van der Waals surface area contributed by atoms with E-state index in [0.29, 0.717) is 16.7 Å². The van der Waals surface area contributed by atoms with Crippen LogP contribution >= 0.6 is 0 Å². The van der Waals surface area contributed by atoms with E-state index in [1.807, 2.05) is 0 Å². The van der Waals surface area contributed by atoms with Crippen LogP contribution in [0.1, 0.15) is 40.1 Å². The second kappa shape index (κ2) is 8.30. The number of ether oxygens (including phenoxy) is 2. The van der Waals surface area contributed by atoms with E-state index < -0.39 is 17.8 Å². The number of amides is 1. The number of hydrogen-bond acceptors (Lipinski definition) is 7. The van der Waals surface area contributed by atoms with Crippen molar-refractivity contribution in [2.75, 3.05) is 18.9 Å². The third-order valence-electron chi connectivity index (χ3n) is 3.74. The first-order valence-corrected chi connectivity index (χ1v) is 8.05. The van der Waals surface area contributed by atoms with Gasteiger partial charge in [0.25, 0.3) is 0 Å². The molecule has 0 spiro atoms. The van der Waals surface area contributed by atoms with Gasteiger partial charge in [0.1, 0.15) is 0 Å². The molecule has 0 atom stereocenters. The smallest absolute Gasteiger partial charge is 0.340 e. The molecule has 4 N–H and O–H groups in total. The Kier molecular flexibility index (Phi) is 6.13. The maximum Gasteiger partial charge on any atom is 0.340 e. The molecule has 0 bridgehead atoms. The van der Waals surface area contributed by atoms with Gasteiger partial charge in [-0.05, 0) is 30.5 Å². The molecule has 0 radical (unpaired) electrons. The molecule has 2 rings (SSSR count). The fourth-order valence-corrected chi connectivity index (χ4v) is 2.66. The van der Waals surface area contributed by atoms with Gasteiger partial charge in [-0.15, -0.1) is 0 Å². The first-order chi connectivity index (χ1) is 12.4. The Hall–Kier alpha value is -3.13. The van der Waals surface area contributed by atoms with Crippen LogP contribution in [0.5, 0.6) is 0 Å². The quantitative estimate of drug-likeness (QED) is 0.407. The maximum absolute atomic E-state index is 12.3. The number of carbonyl (C=O) groups is 3. The number of hydrogen-bond donors (Lipinski definition) is 3. The molecule has 2 aliphatic rings. The van der Waals surface area contributed by atoms with E-state index in [9.17, 15) is 14.4 Å². The number of anilines is 1. The number of nitrogen functional groups attached to an aromatic ring is 1. The van der Waals surface area contributed by atoms with Gasteiger partial charge in [-0.2, -0.15) is 0 Å². The van der Waals surface area contributed by atoms with Gasteiger partial charge in [0.05, 0.1) is 36.4 Å². The molecule has 0 saturated carbocycles. The zero-order valence-corrected chi connectivity index (χ0v) is 14.5. The van der Waals surface area contributed by atoms with Crippen molar-refractivity contribution in [3.8, 4) is 11.1 Å². The standard InChI is InChI=1S/C18H20N2O6/c1-3-25-17(22)14-11-7-5-10(9-13(21)20-24)6-8-12(11)15(16(14)19)18(23)26-4-2/h5-8,24H,3-4,9,19H2,1-2H3,(H,20,21). The van der Waals surface area contributed by atoms with Gasteiger partial charge in [-0.1, -0.05) is 24.3 Å². The van der Waals surface area contributed by atoms with Crippen LogP contribution in [-0.4, -0.2) is 36.3 Å². The minimum Gasteiger partial charge on any atom is -0.462 e. The number of carbonyl (C=O) groups excluding carboxylic acids is 3. The number of fused-ring (bicyclic) bond motifs is 1. The molecule has 26 heavy (non-hydrogen) atoms. The minimum absolute atomic E-state index is 0.00208. The van der Waals surface area contributed by atoms with Gasteiger partial charge < -0.3 is 15.2 Å². The Morgan fingerprint density at radius 2 is 1.42 bits per heavy atom. The Bertz CT molecular complexity index is 762. The van der Waals surface area contributed by atoms with Gasteiger partial charge in [0, 0.05) is 0 Å². The number of nitrogens with one attached hydrogen (secondary N) is 1. The van der Waals surface area contributed by atoms with Crippen LogP contribution in [0.4, 0.5) is 5.69 Å². The first-order valence-electron chi connectivity index (χ1n) is 8.05. The van der Waals surface area contributed by atoms with Crippen molar-refractivity contribution in [3.63, 3.8) is 0 Å². The summed E-state index contributed by atoms with van der Waals surface area (Å²) in [6.07, 6.45) is -0.0767. The summed E-state index contributed by atoms with van der Waals surface area (Å²) in [5.74, 6) is -1.88. The predicted molar refractivity (Wildman–Crippen MR) is 93.0 cm³/mol. The monoisotopic (exact) mass is 360 g/mol. The van der Waals surface area contributed by atoms with Crippen LogP contribution < -0.4 is 11.2 Å². The Morgan fingerprint density at radius 1 is 0.962 bits per heavy atom. The van der Waals surface area contributed by atoms with E-state index in [0.717, 1.165) is 0 Å². The lowest BCUT2D eigenvalue weighted by Gasteiger charge is -2.03. The number of esters is 2.